The van der Waals surface area contributed by atoms with Gasteiger partial charge in [-0.05, 0) is 55.7 Å². The van der Waals surface area contributed by atoms with E-state index in [1.54, 1.807) is 7.11 Å². The van der Waals surface area contributed by atoms with Gasteiger partial charge in [0, 0.05) is 13.7 Å². The van der Waals surface area contributed by atoms with Crippen LogP contribution in [0.25, 0.3) is 0 Å². The Morgan fingerprint density at radius 3 is 0.833 bits per heavy atom. The van der Waals surface area contributed by atoms with Crippen molar-refractivity contribution in [1.29, 1.82) is 0 Å². The van der Waals surface area contributed by atoms with Crippen LogP contribution in [-0.4, -0.2) is 39.3 Å². The molecule has 0 saturated heterocycles. The monoisotopic (exact) mass is 644 g/mol. The van der Waals surface area contributed by atoms with Crippen molar-refractivity contribution < 1.29 is 4.74 Å². The molecule has 0 atom stereocenters. The van der Waals surface area contributed by atoms with Gasteiger partial charge in [0.15, 0.2) is 0 Å². The van der Waals surface area contributed by atoms with E-state index in [4.69, 9.17) is 0 Å². The highest BCUT2D eigenvalue weighted by Gasteiger charge is 2.13. The fourth-order valence-electron chi connectivity index (χ4n) is 1.43. The minimum atomic E-state index is 0. The van der Waals surface area contributed by atoms with Crippen LogP contribution in [0.4, 0.5) is 0 Å². The van der Waals surface area contributed by atoms with E-state index in [-0.39, 0.29) is 81.7 Å². The van der Waals surface area contributed by atoms with Crippen LogP contribution in [0.3, 0.4) is 0 Å². The number of hydrogen-bond acceptors (Lipinski definition) is 3. The Bertz CT molecular complexity index is 199. The van der Waals surface area contributed by atoms with E-state index >= 15 is 0 Å². The highest BCUT2D eigenvalue weighted by Crippen LogP contribution is 2.27. The Morgan fingerprint density at radius 1 is 0.667 bits per heavy atom. The lowest BCUT2D eigenvalue weighted by molar-refractivity contribution is 0.215. The Hall–Kier alpha value is 0.270. The number of ether oxygens (including phenoxy) is 1. The number of hydrogen-bond donors (Lipinski definition) is 1. The molecule has 0 unspecified atom stereocenters. The normalized spacial score (nSPS) is 12.1. The third-order valence-corrected chi connectivity index (χ3v) is 3.81. The summed E-state index contributed by atoms with van der Waals surface area (Å²) in [6.45, 7) is 32.0. The lowest BCUT2D eigenvalue weighted by atomic mass is 9.84. The zero-order valence-electron chi connectivity index (χ0n) is 25.5. The molecule has 0 heterocycles. The molecule has 1 fully saturated rings. The largest absolute Gasteiger partial charge is 0.385 e. The van der Waals surface area contributed by atoms with E-state index in [0.29, 0.717) is 5.41 Å². The maximum atomic E-state index is 4.54. The second-order valence-corrected chi connectivity index (χ2v) is 11.1. The molecular weight excluding hydrogens is 531 g/mol. The topological polar surface area (TPSA) is 21.3 Å². The summed E-state index contributed by atoms with van der Waals surface area (Å²) in [6, 6.07) is 0. The third kappa shape index (κ3) is 353. The van der Waals surface area contributed by atoms with Crippen molar-refractivity contribution >= 4 is 11.8 Å². The summed E-state index contributed by atoms with van der Waals surface area (Å²) in [5.74, 6) is 4.11. The molecule has 286 valence electrons. The van der Waals surface area contributed by atoms with Gasteiger partial charge >= 0.3 is 0 Å². The molecule has 0 aromatic carbocycles. The molecule has 1 N–H and O–H groups in total. The summed E-state index contributed by atoms with van der Waals surface area (Å²) in [5, 5.41) is 2.93. The Morgan fingerprint density at radius 2 is 0.786 bits per heavy atom. The van der Waals surface area contributed by atoms with Gasteiger partial charge < -0.3 is 10.1 Å². The lowest BCUT2D eigenvalue weighted by Gasteiger charge is -2.22. The van der Waals surface area contributed by atoms with E-state index in [0.717, 1.165) is 30.9 Å². The molecule has 0 amide bonds. The van der Waals surface area contributed by atoms with Crippen molar-refractivity contribution in [2.45, 2.75) is 204 Å². The fourth-order valence-corrected chi connectivity index (χ4v) is 1.43. The van der Waals surface area contributed by atoms with Crippen molar-refractivity contribution in [2.75, 3.05) is 39.3 Å². The Labute approximate surface area is 287 Å². The van der Waals surface area contributed by atoms with Crippen LogP contribution in [0.15, 0.2) is 0 Å². The molecule has 0 aliphatic heterocycles. The second kappa shape index (κ2) is 105. The van der Waals surface area contributed by atoms with Crippen LogP contribution in [0, 0.1) is 23.2 Å². The van der Waals surface area contributed by atoms with Crippen molar-refractivity contribution in [1.82, 2.24) is 5.32 Å². The standard InChI is InChI=1S/C8H16.C5H12.C4H10.C3H9N.C3H8O.C3H8S.C2H6.11CH4/c1-7-3-5-8(2)6-4-7;1-5(2,3)4;1-4(2)3;3*1-3-4-2;1-2;;;;;;;;;;;/h7-8H,3-6H2,1-2H3;1-4H3;4H,1-3H3;4H,3H2,1-2H3;2*3H2,1-2H3;1-2H3;11*1H4. The first kappa shape index (κ1) is 113. The van der Waals surface area contributed by atoms with E-state index in [2.05, 4.69) is 92.5 Å². The van der Waals surface area contributed by atoms with E-state index in [1.165, 1.54) is 31.4 Å². The van der Waals surface area contributed by atoms with Gasteiger partial charge in [0.05, 0.1) is 0 Å². The average molecular weight is 644 g/mol. The van der Waals surface area contributed by atoms with Crippen molar-refractivity contribution in [2.24, 2.45) is 23.2 Å². The lowest BCUT2D eigenvalue weighted by Crippen LogP contribution is -2.08. The first-order valence-corrected chi connectivity index (χ1v) is 14.3. The smallest absolute Gasteiger partial charge is 0.0433 e. The molecule has 0 aromatic rings. The Balaban J connectivity index is -0.0000000114. The summed E-state index contributed by atoms with van der Waals surface area (Å²) in [6.07, 6.45) is 7.99. The zero-order chi connectivity index (χ0) is 26.3. The minimum absolute atomic E-state index is 0. The van der Waals surface area contributed by atoms with Crippen LogP contribution >= 0.6 is 11.8 Å². The van der Waals surface area contributed by atoms with Crippen LogP contribution in [0.2, 0.25) is 0 Å². The van der Waals surface area contributed by atoms with Gasteiger partial charge in [0.1, 0.15) is 0 Å². The SMILES string of the molecule is C.C.C.C.C.C.C.C.C.C.C.CC.CC(C)(C)C.CC(C)C.CC1CCC(C)CC1.CCNC.CCOC.CCSC. The summed E-state index contributed by atoms with van der Waals surface area (Å²) in [7, 11) is 3.61. The molecule has 3 heteroatoms. The van der Waals surface area contributed by atoms with Gasteiger partial charge in [0.25, 0.3) is 0 Å². The first-order chi connectivity index (χ1) is 14.3. The molecule has 0 radical (unpaired) electrons. The summed E-state index contributed by atoms with van der Waals surface area (Å²) in [4.78, 5) is 0. The van der Waals surface area contributed by atoms with Gasteiger partial charge in [-0.1, -0.05) is 197 Å². The van der Waals surface area contributed by atoms with Crippen LogP contribution < -0.4 is 5.32 Å². The molecule has 1 aliphatic rings. The van der Waals surface area contributed by atoms with Crippen molar-refractivity contribution in [3.05, 3.63) is 0 Å². The van der Waals surface area contributed by atoms with Gasteiger partial charge in [-0.3, -0.25) is 0 Å². The average Bonchev–Trinajstić information content (AvgIpc) is 2.70. The maximum absolute atomic E-state index is 4.54. The molecule has 0 aromatic heterocycles. The van der Waals surface area contributed by atoms with Crippen molar-refractivity contribution in [3.63, 3.8) is 0 Å². The third-order valence-electron chi connectivity index (χ3n) is 3.24. The first-order valence-electron chi connectivity index (χ1n) is 12.9. The molecule has 0 bridgehead atoms. The van der Waals surface area contributed by atoms with Crippen molar-refractivity contribution in [3.8, 4) is 0 Å². The molecule has 42 heavy (non-hydrogen) atoms. The van der Waals surface area contributed by atoms with E-state index in [9.17, 15) is 0 Å². The molecule has 0 spiro atoms. The number of nitrogens with one attached hydrogen (secondary N) is 1. The molecule has 1 aliphatic carbocycles. The quantitative estimate of drug-likeness (QED) is 0.330. The van der Waals surface area contributed by atoms with Gasteiger partial charge in [0.2, 0.25) is 0 Å². The molecule has 1 rings (SSSR count). The number of methoxy groups -OCH3 is 1. The predicted octanol–water partition coefficient (Wildman–Crippen LogP) is 16.8. The molecule has 2 nitrogen and oxygen atoms in total. The van der Waals surface area contributed by atoms with E-state index in [1.807, 2.05) is 39.6 Å². The highest BCUT2D eigenvalue weighted by molar-refractivity contribution is 7.98. The van der Waals surface area contributed by atoms with Gasteiger partial charge in [-0.2, -0.15) is 11.8 Å². The van der Waals surface area contributed by atoms with Gasteiger partial charge in [-0.25, -0.2) is 0 Å². The fraction of sp³-hybridized carbons (Fsp3) is 1.00. The van der Waals surface area contributed by atoms with Crippen LogP contribution in [0.5, 0.6) is 0 Å². The molecular formula is C39H113NOS. The second-order valence-electron chi connectivity index (χ2n) is 9.96. The van der Waals surface area contributed by atoms with E-state index < -0.39 is 0 Å². The zero-order valence-corrected chi connectivity index (χ0v) is 26.3. The summed E-state index contributed by atoms with van der Waals surface area (Å²) >= 11 is 1.86. The van der Waals surface area contributed by atoms with Crippen LogP contribution in [-0.2, 0) is 4.74 Å². The predicted molar refractivity (Wildman–Crippen MR) is 229 cm³/mol. The maximum Gasteiger partial charge on any atom is 0.0433 e. The van der Waals surface area contributed by atoms with Gasteiger partial charge in [-0.15, -0.1) is 0 Å². The van der Waals surface area contributed by atoms with Crippen LogP contribution in [0.1, 0.15) is 204 Å². The highest BCUT2D eigenvalue weighted by atomic mass is 32.2. The Kier molecular flexibility index (Phi) is 281. The number of rotatable bonds is 3. The molecule has 1 saturated carbocycles. The summed E-state index contributed by atoms with van der Waals surface area (Å²) in [5.41, 5.74) is 0.500. The minimum Gasteiger partial charge on any atom is -0.385 e. The number of thioether (sulfide) groups is 1. The summed E-state index contributed by atoms with van der Waals surface area (Å²) < 4.78 is 4.54.